The second-order valence-corrected chi connectivity index (χ2v) is 8.74. The van der Waals surface area contributed by atoms with Crippen LogP contribution in [-0.4, -0.2) is 13.2 Å². The van der Waals surface area contributed by atoms with Crippen molar-refractivity contribution in [1.82, 2.24) is 0 Å². The van der Waals surface area contributed by atoms with E-state index in [-0.39, 0.29) is 0 Å². The Balaban J connectivity index is 2.52. The lowest BCUT2D eigenvalue weighted by Gasteiger charge is -2.26. The molecule has 0 saturated heterocycles. The van der Waals surface area contributed by atoms with E-state index in [1.54, 1.807) is 0 Å². The average molecular weight is 242 g/mol. The fraction of sp³-hybridized carbons (Fsp3) is 0.846. The second-order valence-electron chi connectivity index (χ2n) is 6.07. The highest BCUT2D eigenvalue weighted by atomic mass is 32.2. The molecule has 0 aromatic rings. The van der Waals surface area contributed by atoms with E-state index in [9.17, 15) is 8.42 Å². The van der Waals surface area contributed by atoms with E-state index in [1.807, 2.05) is 20.8 Å². The van der Waals surface area contributed by atoms with Crippen LogP contribution in [-0.2, 0) is 9.84 Å². The highest BCUT2D eigenvalue weighted by molar-refractivity contribution is 7.96. The molecule has 2 bridgehead atoms. The van der Waals surface area contributed by atoms with E-state index in [0.29, 0.717) is 11.8 Å². The molecule has 0 aromatic carbocycles. The second kappa shape index (κ2) is 3.59. The van der Waals surface area contributed by atoms with Gasteiger partial charge in [0.1, 0.15) is 0 Å². The van der Waals surface area contributed by atoms with Crippen molar-refractivity contribution in [3.63, 3.8) is 0 Å². The van der Waals surface area contributed by atoms with Crippen molar-refractivity contribution in [1.29, 1.82) is 0 Å². The third-order valence-corrected chi connectivity index (χ3v) is 6.88. The molecular weight excluding hydrogens is 220 g/mol. The molecule has 2 nitrogen and oxygen atoms in total. The Morgan fingerprint density at radius 1 is 1.19 bits per heavy atom. The van der Waals surface area contributed by atoms with Crippen LogP contribution in [0, 0.1) is 11.8 Å². The minimum atomic E-state index is -3.09. The van der Waals surface area contributed by atoms with Crippen LogP contribution in [0.1, 0.15) is 53.4 Å². The van der Waals surface area contributed by atoms with Crippen LogP contribution in [0.4, 0.5) is 0 Å². The first-order valence-electron chi connectivity index (χ1n) is 6.26. The Labute approximate surface area is 99.0 Å². The van der Waals surface area contributed by atoms with E-state index in [1.165, 1.54) is 12.0 Å². The van der Waals surface area contributed by atoms with Gasteiger partial charge in [0, 0.05) is 4.91 Å². The molecule has 2 aliphatic rings. The van der Waals surface area contributed by atoms with Crippen molar-refractivity contribution < 1.29 is 8.42 Å². The monoisotopic (exact) mass is 242 g/mol. The molecule has 92 valence electrons. The Kier molecular flexibility index (Phi) is 2.73. The summed E-state index contributed by atoms with van der Waals surface area (Å²) >= 11 is 0. The van der Waals surface area contributed by atoms with Crippen molar-refractivity contribution in [3.05, 3.63) is 10.5 Å². The van der Waals surface area contributed by atoms with Gasteiger partial charge in [0.25, 0.3) is 0 Å². The predicted molar refractivity (Wildman–Crippen MR) is 66.8 cm³/mol. The van der Waals surface area contributed by atoms with E-state index in [0.717, 1.165) is 24.2 Å². The molecule has 0 aromatic heterocycles. The number of allylic oxidation sites excluding steroid dienone is 2. The van der Waals surface area contributed by atoms with Gasteiger partial charge in [-0.15, -0.1) is 0 Å². The Hall–Kier alpha value is -0.310. The molecule has 2 rings (SSSR count). The zero-order valence-electron chi connectivity index (χ0n) is 10.7. The van der Waals surface area contributed by atoms with Gasteiger partial charge < -0.3 is 0 Å². The predicted octanol–water partition coefficient (Wildman–Crippen LogP) is 3.29. The fourth-order valence-electron chi connectivity index (χ4n) is 3.18. The normalized spacial score (nSPS) is 30.2. The molecule has 2 aliphatic carbocycles. The summed E-state index contributed by atoms with van der Waals surface area (Å²) in [6.45, 7) is 7.53. The van der Waals surface area contributed by atoms with Crippen LogP contribution in [0.2, 0.25) is 0 Å². The summed E-state index contributed by atoms with van der Waals surface area (Å²) in [5.74, 6) is 0.909. The van der Waals surface area contributed by atoms with Gasteiger partial charge in [-0.05, 0) is 58.3 Å². The van der Waals surface area contributed by atoms with Gasteiger partial charge in [0.05, 0.1) is 4.75 Å². The number of rotatable bonds is 2. The highest BCUT2D eigenvalue weighted by Gasteiger charge is 2.47. The Morgan fingerprint density at radius 2 is 1.75 bits per heavy atom. The van der Waals surface area contributed by atoms with Gasteiger partial charge in [-0.3, -0.25) is 0 Å². The first kappa shape index (κ1) is 12.2. The zero-order valence-corrected chi connectivity index (χ0v) is 11.5. The van der Waals surface area contributed by atoms with Gasteiger partial charge in [-0.1, -0.05) is 12.5 Å². The number of sulfone groups is 1. The summed E-state index contributed by atoms with van der Waals surface area (Å²) in [6.07, 6.45) is 4.29. The molecule has 0 aliphatic heterocycles. The maximum Gasteiger partial charge on any atom is 0.179 e. The Morgan fingerprint density at radius 3 is 2.25 bits per heavy atom. The summed E-state index contributed by atoms with van der Waals surface area (Å²) in [6, 6.07) is 0. The van der Waals surface area contributed by atoms with Gasteiger partial charge in [0.15, 0.2) is 9.84 Å². The first-order valence-corrected chi connectivity index (χ1v) is 7.75. The first-order chi connectivity index (χ1) is 7.29. The smallest absolute Gasteiger partial charge is 0.179 e. The van der Waals surface area contributed by atoms with Gasteiger partial charge in [-0.2, -0.15) is 0 Å². The van der Waals surface area contributed by atoms with Crippen LogP contribution in [0.25, 0.3) is 0 Å². The van der Waals surface area contributed by atoms with E-state index >= 15 is 0 Å². The molecule has 2 atom stereocenters. The maximum atomic E-state index is 12.6. The standard InChI is InChI=1S/C13H22O2S/c1-5-11-9-6-7-10(8-9)12(11)16(14,15)13(2,3)4/h9-10H,5-8H2,1-4H3/t9-,10+/m0/s1. The largest absolute Gasteiger partial charge is 0.223 e. The quantitative estimate of drug-likeness (QED) is 0.744. The molecule has 0 amide bonds. The summed E-state index contributed by atoms with van der Waals surface area (Å²) in [5, 5.41) is 0. The van der Waals surface area contributed by atoms with Crippen LogP contribution in [0.3, 0.4) is 0 Å². The topological polar surface area (TPSA) is 34.1 Å². The number of fused-ring (bicyclic) bond motifs is 2. The molecule has 0 heterocycles. The molecule has 1 fully saturated rings. The van der Waals surface area contributed by atoms with Crippen molar-refractivity contribution in [2.45, 2.75) is 58.1 Å². The molecule has 0 spiro atoms. The third-order valence-electron chi connectivity index (χ3n) is 4.09. The van der Waals surface area contributed by atoms with Crippen molar-refractivity contribution >= 4 is 9.84 Å². The molecule has 1 saturated carbocycles. The lowest BCUT2D eigenvalue weighted by atomic mass is 9.96. The maximum absolute atomic E-state index is 12.6. The molecule has 3 heteroatoms. The van der Waals surface area contributed by atoms with E-state index < -0.39 is 14.6 Å². The van der Waals surface area contributed by atoms with Crippen LogP contribution < -0.4 is 0 Å². The van der Waals surface area contributed by atoms with Gasteiger partial charge in [0.2, 0.25) is 0 Å². The number of hydrogen-bond acceptors (Lipinski definition) is 2. The van der Waals surface area contributed by atoms with Gasteiger partial charge >= 0.3 is 0 Å². The zero-order chi connectivity index (χ0) is 12.1. The lowest BCUT2D eigenvalue weighted by molar-refractivity contribution is 0.553. The van der Waals surface area contributed by atoms with Crippen LogP contribution in [0.5, 0.6) is 0 Å². The SMILES string of the molecule is CCC1=C(S(=O)(=O)C(C)(C)C)[C@@H]2CC[C@H]1C2. The molecule has 0 radical (unpaired) electrons. The lowest BCUT2D eigenvalue weighted by Crippen LogP contribution is -2.31. The van der Waals surface area contributed by atoms with Crippen molar-refractivity contribution in [3.8, 4) is 0 Å². The summed E-state index contributed by atoms with van der Waals surface area (Å²) in [7, 11) is -3.09. The highest BCUT2D eigenvalue weighted by Crippen LogP contribution is 2.53. The average Bonchev–Trinajstić information content (AvgIpc) is 2.73. The summed E-state index contributed by atoms with van der Waals surface area (Å²) < 4.78 is 24.5. The van der Waals surface area contributed by atoms with Crippen molar-refractivity contribution in [2.75, 3.05) is 0 Å². The molecule has 0 N–H and O–H groups in total. The molecular formula is C13H22O2S. The number of hydrogen-bond donors (Lipinski definition) is 0. The molecule has 0 unspecified atom stereocenters. The third kappa shape index (κ3) is 1.55. The fourth-order valence-corrected chi connectivity index (χ4v) is 5.15. The van der Waals surface area contributed by atoms with Gasteiger partial charge in [-0.25, -0.2) is 8.42 Å². The van der Waals surface area contributed by atoms with Crippen molar-refractivity contribution in [2.24, 2.45) is 11.8 Å². The van der Waals surface area contributed by atoms with E-state index in [4.69, 9.17) is 0 Å². The van der Waals surface area contributed by atoms with Crippen LogP contribution in [0.15, 0.2) is 10.5 Å². The van der Waals surface area contributed by atoms with Crippen LogP contribution >= 0.6 is 0 Å². The summed E-state index contributed by atoms with van der Waals surface area (Å²) in [4.78, 5) is 0.818. The minimum Gasteiger partial charge on any atom is -0.223 e. The van der Waals surface area contributed by atoms with E-state index in [2.05, 4.69) is 6.92 Å². The summed E-state index contributed by atoms with van der Waals surface area (Å²) in [5.41, 5.74) is 1.24. The molecule has 16 heavy (non-hydrogen) atoms. The Bertz CT molecular complexity index is 423. The minimum absolute atomic E-state index is 0.337.